The van der Waals surface area contributed by atoms with Gasteiger partial charge in [0.25, 0.3) is 0 Å². The van der Waals surface area contributed by atoms with Crippen molar-refractivity contribution in [1.29, 1.82) is 0 Å². The van der Waals surface area contributed by atoms with Crippen LogP contribution in [0.4, 0.5) is 52.7 Å². The van der Waals surface area contributed by atoms with Gasteiger partial charge in [0.1, 0.15) is 0 Å². The molecule has 0 fully saturated rings. The van der Waals surface area contributed by atoms with Crippen molar-refractivity contribution in [3.8, 4) is 0 Å². The molecule has 22 heteroatoms. The summed E-state index contributed by atoms with van der Waals surface area (Å²) in [5, 5.41) is 15.8. The summed E-state index contributed by atoms with van der Waals surface area (Å²) in [6.07, 6.45) is -12.3. The number of rotatable bonds is 9. The molecule has 8 nitrogen and oxygen atoms in total. The SMILES string of the molecule is C[SiH](C)COC(=O)C(F)(C(=O)O[Si](C)(C)C)/C(F)=C(\F)C(F)(F)F.O=C(O)C(F)(C(=O)O)/C(F)=C(\F)C(F)(F)F. The van der Waals surface area contributed by atoms with Gasteiger partial charge >= 0.3 is 47.6 Å². The fourth-order valence-corrected chi connectivity index (χ4v) is 2.96. The lowest BCUT2D eigenvalue weighted by atomic mass is 10.0. The third kappa shape index (κ3) is 10.2. The van der Waals surface area contributed by atoms with E-state index in [4.69, 9.17) is 10.2 Å². The maximum Gasteiger partial charge on any atom is 0.445 e. The summed E-state index contributed by atoms with van der Waals surface area (Å²) in [5.74, 6) is -24.9. The largest absolute Gasteiger partial charge is 0.517 e. The van der Waals surface area contributed by atoms with Gasteiger partial charge in [0.15, 0.2) is 0 Å². The van der Waals surface area contributed by atoms with Crippen molar-refractivity contribution in [2.75, 3.05) is 6.23 Å². The van der Waals surface area contributed by atoms with Crippen molar-refractivity contribution < 1.29 is 91.2 Å². The molecule has 40 heavy (non-hydrogen) atoms. The highest BCUT2D eigenvalue weighted by Crippen LogP contribution is 2.38. The van der Waals surface area contributed by atoms with Crippen LogP contribution in [0.25, 0.3) is 0 Å². The molecule has 232 valence electrons. The molecule has 0 spiro atoms. The van der Waals surface area contributed by atoms with Crippen LogP contribution in [0, 0.1) is 0 Å². The lowest BCUT2D eigenvalue weighted by Crippen LogP contribution is -2.50. The summed E-state index contributed by atoms with van der Waals surface area (Å²) >= 11 is 0. The highest BCUT2D eigenvalue weighted by Gasteiger charge is 2.60. The van der Waals surface area contributed by atoms with Crippen molar-refractivity contribution in [3.63, 3.8) is 0 Å². The zero-order chi connectivity index (χ0) is 32.8. The molecule has 0 radical (unpaired) electrons. The summed E-state index contributed by atoms with van der Waals surface area (Å²) in [6, 6.07) is 0. The Kier molecular flexibility index (Phi) is 13.2. The molecule has 0 bridgehead atoms. The molecule has 0 aliphatic rings. The Morgan fingerprint density at radius 3 is 1.23 bits per heavy atom. The van der Waals surface area contributed by atoms with Gasteiger partial charge in [0.05, 0.1) is 15.0 Å². The number of esters is 1. The predicted molar refractivity (Wildman–Crippen MR) is 113 cm³/mol. The van der Waals surface area contributed by atoms with Crippen molar-refractivity contribution in [2.24, 2.45) is 0 Å². The molecule has 0 aliphatic heterocycles. The van der Waals surface area contributed by atoms with Gasteiger partial charge in [-0.25, -0.2) is 36.7 Å². The Balaban J connectivity index is 0. The second-order valence-corrected chi connectivity index (χ2v) is 16.2. The van der Waals surface area contributed by atoms with Crippen LogP contribution in [0.15, 0.2) is 23.3 Å². The molecule has 0 saturated heterocycles. The zero-order valence-corrected chi connectivity index (χ0v) is 22.8. The molecule has 1 atom stereocenters. The average molecular weight is 648 g/mol. The van der Waals surface area contributed by atoms with Crippen molar-refractivity contribution in [2.45, 2.75) is 56.4 Å². The summed E-state index contributed by atoms with van der Waals surface area (Å²) in [5.41, 5.74) is -9.76. The Morgan fingerprint density at radius 2 is 0.975 bits per heavy atom. The predicted octanol–water partition coefficient (Wildman–Crippen LogP) is 4.93. The van der Waals surface area contributed by atoms with Crippen molar-refractivity contribution in [1.82, 2.24) is 0 Å². The number of hydrogen-bond acceptors (Lipinski definition) is 6. The quantitative estimate of drug-likeness (QED) is 0.156. The molecular weight excluding hydrogens is 628 g/mol. The third-order valence-electron chi connectivity index (χ3n) is 3.59. The average Bonchev–Trinajstić information content (AvgIpc) is 2.76. The van der Waals surface area contributed by atoms with E-state index in [1.54, 1.807) is 13.1 Å². The second kappa shape index (κ2) is 13.5. The Bertz CT molecular complexity index is 1030. The number of carboxylic acid groups (broad SMARTS) is 2. The van der Waals surface area contributed by atoms with Crippen LogP contribution in [0.3, 0.4) is 0 Å². The smallest absolute Gasteiger partial charge is 0.445 e. The number of alkyl halides is 8. The first-order valence-electron chi connectivity index (χ1n) is 10.00. The van der Waals surface area contributed by atoms with Gasteiger partial charge in [0, 0.05) is 0 Å². The first kappa shape index (κ1) is 39.1. The fourth-order valence-electron chi connectivity index (χ4n) is 1.78. The molecule has 0 amide bonds. The van der Waals surface area contributed by atoms with E-state index >= 15 is 0 Å². The number of carbonyl (C=O) groups excluding carboxylic acids is 2. The summed E-state index contributed by atoms with van der Waals surface area (Å²) in [4.78, 5) is 43.4. The fraction of sp³-hybridized carbons (Fsp3) is 0.556. The minimum atomic E-state index is -6.02. The minimum Gasteiger partial charge on any atom is -0.517 e. The van der Waals surface area contributed by atoms with Crippen LogP contribution < -0.4 is 0 Å². The minimum absolute atomic E-state index is 0.383. The standard InChI is InChI=1S/C12H18F6O4Si2.C6H2F6O4/c1-23(2)6-21-9(19)11(15,10(20)22-24(3,4)5)7(13)8(14)12(16,17)18;7-1(2(8)6(10,11)12)5(9,3(13)14)4(15)16/h23H,6H2,1-5H3;(H,13,14)(H,15,16)/b8-7+;2-1+. The second-order valence-electron chi connectivity index (χ2n) is 8.67. The topological polar surface area (TPSA) is 127 Å². The van der Waals surface area contributed by atoms with E-state index in [1.807, 2.05) is 0 Å². The number of hydrogen-bond donors (Lipinski definition) is 2. The first-order chi connectivity index (χ1) is 17.5. The third-order valence-corrected chi connectivity index (χ3v) is 5.22. The van der Waals surface area contributed by atoms with Crippen LogP contribution in [-0.2, 0) is 28.3 Å². The van der Waals surface area contributed by atoms with Crippen LogP contribution >= 0.6 is 0 Å². The zero-order valence-electron chi connectivity index (χ0n) is 20.7. The molecule has 0 rings (SSSR count). The maximum absolute atomic E-state index is 14.6. The number of halogens is 12. The van der Waals surface area contributed by atoms with E-state index in [0.29, 0.717) is 0 Å². The number of aliphatic carboxylic acids is 2. The van der Waals surface area contributed by atoms with Crippen molar-refractivity contribution >= 4 is 41.0 Å². The van der Waals surface area contributed by atoms with Gasteiger partial charge in [-0.05, 0) is 19.6 Å². The molecule has 2 N–H and O–H groups in total. The van der Waals surface area contributed by atoms with Crippen LogP contribution in [0.5, 0.6) is 0 Å². The van der Waals surface area contributed by atoms with Gasteiger partial charge in [-0.3, -0.25) is 0 Å². The van der Waals surface area contributed by atoms with E-state index < -0.39 is 88.0 Å². The highest BCUT2D eigenvalue weighted by molar-refractivity contribution is 6.71. The summed E-state index contributed by atoms with van der Waals surface area (Å²) in [7, 11) is -4.60. The number of carbonyl (C=O) groups is 4. The van der Waals surface area contributed by atoms with Crippen LogP contribution in [-0.4, -0.2) is 81.1 Å². The Morgan fingerprint density at radius 1 is 0.650 bits per heavy atom. The van der Waals surface area contributed by atoms with E-state index in [1.165, 1.54) is 19.6 Å². The molecule has 0 aromatic carbocycles. The first-order valence-corrected chi connectivity index (χ1v) is 16.5. The van der Waals surface area contributed by atoms with E-state index in [0.717, 1.165) is 0 Å². The Labute approximate surface area is 218 Å². The van der Waals surface area contributed by atoms with E-state index in [9.17, 15) is 71.9 Å². The molecule has 0 saturated carbocycles. The normalized spacial score (nSPS) is 15.6. The van der Waals surface area contributed by atoms with Gasteiger partial charge in [0.2, 0.25) is 31.6 Å². The van der Waals surface area contributed by atoms with Crippen molar-refractivity contribution in [3.05, 3.63) is 23.3 Å². The number of carboxylic acids is 2. The lowest BCUT2D eigenvalue weighted by Gasteiger charge is -2.26. The molecule has 0 heterocycles. The maximum atomic E-state index is 14.6. The number of allylic oxidation sites excluding steroid dienone is 2. The molecule has 0 aromatic heterocycles. The van der Waals surface area contributed by atoms with Crippen LogP contribution in [0.2, 0.25) is 32.7 Å². The van der Waals surface area contributed by atoms with Crippen LogP contribution in [0.1, 0.15) is 0 Å². The summed E-state index contributed by atoms with van der Waals surface area (Å²) < 4.78 is 159. The van der Waals surface area contributed by atoms with Gasteiger partial charge < -0.3 is 19.4 Å². The molecular formula is C18H20F12O8Si2. The van der Waals surface area contributed by atoms with E-state index in [-0.39, 0.29) is 6.23 Å². The monoisotopic (exact) mass is 648 g/mol. The number of ether oxygens (including phenoxy) is 1. The molecule has 1 unspecified atom stereocenters. The highest BCUT2D eigenvalue weighted by atomic mass is 28.4. The molecule has 0 aliphatic carbocycles. The van der Waals surface area contributed by atoms with Gasteiger partial charge in [-0.1, -0.05) is 13.1 Å². The molecule has 0 aromatic rings. The van der Waals surface area contributed by atoms with Gasteiger partial charge in [-0.15, -0.1) is 0 Å². The van der Waals surface area contributed by atoms with E-state index in [2.05, 4.69) is 9.16 Å². The van der Waals surface area contributed by atoms with Gasteiger partial charge in [-0.2, -0.15) is 35.1 Å². The Hall–Kier alpha value is -3.05. The lowest BCUT2D eigenvalue weighted by molar-refractivity contribution is -0.169. The summed E-state index contributed by atoms with van der Waals surface area (Å²) in [6.45, 7) is 7.27.